The van der Waals surface area contributed by atoms with Gasteiger partial charge in [0.25, 0.3) is 0 Å². The van der Waals surface area contributed by atoms with E-state index in [9.17, 15) is 0 Å². The van der Waals surface area contributed by atoms with Crippen LogP contribution in [0.3, 0.4) is 0 Å². The van der Waals surface area contributed by atoms with Crippen molar-refractivity contribution in [3.05, 3.63) is 18.6 Å². The third-order valence-electron chi connectivity index (χ3n) is 1.59. The highest BCUT2D eigenvalue weighted by atomic mass is 14.0. The Kier molecular flexibility index (Phi) is 5.70. The van der Waals surface area contributed by atoms with Crippen LogP contribution in [0.15, 0.2) is 12.7 Å². The average Bonchev–Trinajstić information content (AvgIpc) is 1.91. The van der Waals surface area contributed by atoms with E-state index >= 15 is 0 Å². The van der Waals surface area contributed by atoms with E-state index < -0.39 is 0 Å². The van der Waals surface area contributed by atoms with Crippen LogP contribution in [0.1, 0.15) is 39.5 Å². The minimum absolute atomic E-state index is 1.17. The lowest BCUT2D eigenvalue weighted by atomic mass is 10.00. The highest BCUT2D eigenvalue weighted by Gasteiger charge is 1.98. The Labute approximate surface area is 59.0 Å². The van der Waals surface area contributed by atoms with Crippen LogP contribution in [0.25, 0.3) is 0 Å². The van der Waals surface area contributed by atoms with Gasteiger partial charge in [-0.05, 0) is 18.8 Å². The van der Waals surface area contributed by atoms with Crippen molar-refractivity contribution in [1.29, 1.82) is 0 Å². The molecule has 0 aliphatic rings. The van der Waals surface area contributed by atoms with E-state index in [1.807, 2.05) is 6.08 Å². The van der Waals surface area contributed by atoms with E-state index in [1.54, 1.807) is 0 Å². The molecule has 0 N–H and O–H groups in total. The van der Waals surface area contributed by atoms with Gasteiger partial charge in [-0.2, -0.15) is 0 Å². The molecule has 0 nitrogen and oxygen atoms in total. The molecule has 0 heteroatoms. The summed E-state index contributed by atoms with van der Waals surface area (Å²) in [5.74, 6) is 1.50. The Balaban J connectivity index is 3.20. The van der Waals surface area contributed by atoms with E-state index in [1.165, 1.54) is 31.6 Å². The van der Waals surface area contributed by atoms with Crippen LogP contribution in [0.5, 0.6) is 0 Å². The molecule has 0 saturated carbocycles. The van der Waals surface area contributed by atoms with Crippen LogP contribution < -0.4 is 0 Å². The summed E-state index contributed by atoms with van der Waals surface area (Å²) in [5.41, 5.74) is 0. The van der Waals surface area contributed by atoms with Gasteiger partial charge < -0.3 is 0 Å². The third kappa shape index (κ3) is 4.26. The van der Waals surface area contributed by atoms with Gasteiger partial charge in [-0.15, -0.1) is 6.58 Å². The van der Waals surface area contributed by atoms with E-state index in [4.69, 9.17) is 0 Å². The molecule has 0 saturated heterocycles. The van der Waals surface area contributed by atoms with Crippen LogP contribution in [0.2, 0.25) is 0 Å². The molecular weight excluding hydrogens is 108 g/mol. The minimum Gasteiger partial charge on any atom is -0.102 e. The molecular formula is C9H17. The van der Waals surface area contributed by atoms with Crippen molar-refractivity contribution in [3.63, 3.8) is 0 Å². The summed E-state index contributed by atoms with van der Waals surface area (Å²) in [6.07, 6.45) is 7.02. The average molecular weight is 125 g/mol. The van der Waals surface area contributed by atoms with Crippen LogP contribution in [-0.2, 0) is 0 Å². The normalized spacial score (nSPS) is 10.1. The van der Waals surface area contributed by atoms with Crippen molar-refractivity contribution in [2.75, 3.05) is 0 Å². The largest absolute Gasteiger partial charge is 0.102 e. The molecule has 0 aromatic carbocycles. The summed E-state index contributed by atoms with van der Waals surface area (Å²) in [6.45, 7) is 8.15. The Morgan fingerprint density at radius 1 is 1.44 bits per heavy atom. The van der Waals surface area contributed by atoms with Gasteiger partial charge in [0.1, 0.15) is 0 Å². The van der Waals surface area contributed by atoms with Crippen molar-refractivity contribution < 1.29 is 0 Å². The van der Waals surface area contributed by atoms with Crippen molar-refractivity contribution >= 4 is 0 Å². The zero-order valence-electron chi connectivity index (χ0n) is 6.61. The number of rotatable bonds is 5. The molecule has 0 unspecified atom stereocenters. The van der Waals surface area contributed by atoms with Gasteiger partial charge in [-0.25, -0.2) is 0 Å². The van der Waals surface area contributed by atoms with Gasteiger partial charge in [0.15, 0.2) is 0 Å². The second kappa shape index (κ2) is 5.87. The zero-order chi connectivity index (χ0) is 7.11. The fourth-order valence-electron chi connectivity index (χ4n) is 0.827. The third-order valence-corrected chi connectivity index (χ3v) is 1.59. The Morgan fingerprint density at radius 3 is 2.44 bits per heavy atom. The van der Waals surface area contributed by atoms with Crippen LogP contribution in [0, 0.1) is 5.92 Å². The van der Waals surface area contributed by atoms with Gasteiger partial charge in [0, 0.05) is 0 Å². The number of hydrogen-bond donors (Lipinski definition) is 0. The molecule has 0 aromatic rings. The monoisotopic (exact) mass is 125 g/mol. The molecule has 0 heterocycles. The molecule has 0 fully saturated rings. The predicted octanol–water partition coefficient (Wildman–Crippen LogP) is 3.35. The quantitative estimate of drug-likeness (QED) is 0.528. The summed E-state index contributed by atoms with van der Waals surface area (Å²) in [6, 6.07) is 0. The maximum Gasteiger partial charge on any atom is -0.00328 e. The second-order valence-electron chi connectivity index (χ2n) is 2.32. The number of hydrogen-bond acceptors (Lipinski definition) is 0. The number of unbranched alkanes of at least 4 members (excludes halogenated alkanes) is 1. The lowest BCUT2D eigenvalue weighted by Crippen LogP contribution is -1.89. The van der Waals surface area contributed by atoms with E-state index in [-0.39, 0.29) is 0 Å². The van der Waals surface area contributed by atoms with E-state index in [0.717, 1.165) is 0 Å². The smallest absolute Gasteiger partial charge is 0.00328 e. The standard InChI is InChI=1S/C9H17/c1-4-7-8-9(5-2)6-3/h5H,2,4,6-8H2,1,3H3. The Hall–Kier alpha value is -0.260. The van der Waals surface area contributed by atoms with Crippen LogP contribution >= 0.6 is 0 Å². The van der Waals surface area contributed by atoms with Crippen molar-refractivity contribution in [1.82, 2.24) is 0 Å². The first kappa shape index (κ1) is 8.74. The molecule has 0 bridgehead atoms. The first-order chi connectivity index (χ1) is 4.35. The zero-order valence-corrected chi connectivity index (χ0v) is 6.61. The van der Waals surface area contributed by atoms with Crippen molar-refractivity contribution in [2.45, 2.75) is 39.5 Å². The molecule has 9 heavy (non-hydrogen) atoms. The van der Waals surface area contributed by atoms with Gasteiger partial charge in [0.05, 0.1) is 0 Å². The van der Waals surface area contributed by atoms with Gasteiger partial charge >= 0.3 is 0 Å². The Morgan fingerprint density at radius 2 is 2.11 bits per heavy atom. The SMILES string of the molecule is C=C[C](CC)CCCC. The summed E-state index contributed by atoms with van der Waals surface area (Å²) in [7, 11) is 0. The molecule has 53 valence electrons. The molecule has 0 aliphatic carbocycles. The fourth-order valence-corrected chi connectivity index (χ4v) is 0.827. The van der Waals surface area contributed by atoms with Crippen molar-refractivity contribution in [3.8, 4) is 0 Å². The molecule has 0 aromatic heterocycles. The molecule has 0 atom stereocenters. The van der Waals surface area contributed by atoms with Crippen LogP contribution in [-0.4, -0.2) is 0 Å². The molecule has 0 aliphatic heterocycles. The molecule has 1 radical (unpaired) electrons. The topological polar surface area (TPSA) is 0 Å². The maximum atomic E-state index is 3.75. The Bertz CT molecular complexity index is 64.4. The second-order valence-corrected chi connectivity index (χ2v) is 2.32. The van der Waals surface area contributed by atoms with Crippen molar-refractivity contribution in [2.24, 2.45) is 0 Å². The lowest BCUT2D eigenvalue weighted by Gasteiger charge is -2.05. The molecule has 0 spiro atoms. The fraction of sp³-hybridized carbons (Fsp3) is 0.667. The van der Waals surface area contributed by atoms with Crippen LogP contribution in [0.4, 0.5) is 0 Å². The highest BCUT2D eigenvalue weighted by Crippen LogP contribution is 2.14. The lowest BCUT2D eigenvalue weighted by molar-refractivity contribution is 0.719. The molecule has 0 rings (SSSR count). The van der Waals surface area contributed by atoms with E-state index in [2.05, 4.69) is 20.4 Å². The first-order valence-electron chi connectivity index (χ1n) is 3.82. The maximum absolute atomic E-state index is 3.75. The van der Waals surface area contributed by atoms with Gasteiger partial charge in [-0.3, -0.25) is 0 Å². The minimum atomic E-state index is 1.17. The summed E-state index contributed by atoms with van der Waals surface area (Å²) in [4.78, 5) is 0. The summed E-state index contributed by atoms with van der Waals surface area (Å²) < 4.78 is 0. The number of allylic oxidation sites excluding steroid dienone is 1. The van der Waals surface area contributed by atoms with Gasteiger partial charge in [0.2, 0.25) is 0 Å². The van der Waals surface area contributed by atoms with E-state index in [0.29, 0.717) is 0 Å². The summed E-state index contributed by atoms with van der Waals surface area (Å²) in [5, 5.41) is 0. The molecule has 0 amide bonds. The highest BCUT2D eigenvalue weighted by molar-refractivity contribution is 5.04. The summed E-state index contributed by atoms with van der Waals surface area (Å²) >= 11 is 0. The first-order valence-corrected chi connectivity index (χ1v) is 3.82. The van der Waals surface area contributed by atoms with Gasteiger partial charge in [-0.1, -0.05) is 32.8 Å². The predicted molar refractivity (Wildman–Crippen MR) is 43.3 cm³/mol.